The molecule has 31 nitrogen and oxygen atoms in total. The molecule has 0 spiro atoms. The van der Waals surface area contributed by atoms with Crippen molar-refractivity contribution < 1.29 is 49.4 Å². The second-order valence-corrected chi connectivity index (χ2v) is 26.6. The summed E-state index contributed by atoms with van der Waals surface area (Å²) in [5.74, 6) is -0.311. The zero-order valence-corrected chi connectivity index (χ0v) is 61.8. The molecule has 4 aromatic heterocycles. The maximum atomic E-state index is 12.5. The Kier molecular flexibility index (Phi) is 28.4. The summed E-state index contributed by atoms with van der Waals surface area (Å²) in [6.45, 7) is 23.9. The number of aryl methyl sites for hydroxylation is 3. The van der Waals surface area contributed by atoms with Gasteiger partial charge >= 0.3 is 23.9 Å². The van der Waals surface area contributed by atoms with Crippen molar-refractivity contribution in [2.45, 2.75) is 149 Å². The number of hydrogen-bond donors (Lipinski definition) is 10. The molecule has 8 heterocycles. The molecule has 0 aliphatic carbocycles. The lowest BCUT2D eigenvalue weighted by Gasteiger charge is -2.29. The molecule has 10 N–H and O–H groups in total. The number of aliphatic hydroxyl groups excluding tert-OH is 1. The minimum absolute atomic E-state index is 0.0194. The van der Waals surface area contributed by atoms with Crippen LogP contribution in [0.4, 0.5) is 74.5 Å². The third kappa shape index (κ3) is 21.5. The number of nitrogens with zero attached hydrogens (tertiary/aromatic N) is 12. The molecule has 0 amide bonds. The number of aliphatic carboxylic acids is 4. The number of benzene rings is 4. The number of fused-ring (bicyclic) bond motifs is 8. The normalized spacial score (nSPS) is 12.2. The van der Waals surface area contributed by atoms with E-state index in [0.29, 0.717) is 115 Å². The van der Waals surface area contributed by atoms with Gasteiger partial charge in [0, 0.05) is 70.2 Å². The number of carboxylic acids is 4. The van der Waals surface area contributed by atoms with Gasteiger partial charge in [-0.05, 0) is 131 Å². The molecule has 0 fully saturated rings. The van der Waals surface area contributed by atoms with Crippen molar-refractivity contribution in [2.75, 3.05) is 71.4 Å². The van der Waals surface area contributed by atoms with E-state index in [9.17, 15) is 38.4 Å². The number of H-pyrrole nitrogens is 4. The first kappa shape index (κ1) is 80.8. The molecule has 0 bridgehead atoms. The lowest BCUT2D eigenvalue weighted by Crippen LogP contribution is -2.42. The molecule has 4 aromatic carbocycles. The number of rotatable bonds is 32. The van der Waals surface area contributed by atoms with Gasteiger partial charge in [0.25, 0.3) is 22.2 Å². The number of aromatic amines is 4. The lowest BCUT2D eigenvalue weighted by atomic mass is 10.1. The molecule has 0 saturated heterocycles. The van der Waals surface area contributed by atoms with Crippen LogP contribution in [-0.4, -0.2) is 136 Å². The number of ether oxygens (including phenoxy) is 1. The third-order valence-electron chi connectivity index (χ3n) is 18.2. The van der Waals surface area contributed by atoms with Gasteiger partial charge in [-0.3, -0.25) is 38.4 Å². The molecule has 4 aliphatic rings. The van der Waals surface area contributed by atoms with Crippen LogP contribution < -0.4 is 95.2 Å². The maximum Gasteiger partial charge on any atom is 0.303 e. The van der Waals surface area contributed by atoms with Crippen LogP contribution in [0, 0.1) is 20.8 Å². The second-order valence-electron chi connectivity index (χ2n) is 26.6. The van der Waals surface area contributed by atoms with E-state index in [0.717, 1.165) is 139 Å². The SMILES string of the molecule is C=c1nc2c(c(=O)[nH]1)=Nc1cc(C)c(NCCO)cc1N2CCCCCCC(=O)O.C=c1nc2c(c(=O)[nH]1)=Nc1cc(C)c(OC)cc1N2CCCCCCC(=O)O.C=c1nc2c(c(=O)[nH]1)=Nc1ccc(C)cc1N2CCCCCCC(=O)O.C=c1nc2c(c(=O)[nH]1)=Nc1ccccc1N2CCCCCCC(=O)O. The fraction of sp³-hybridized carbons (Fsp3) is 0.385. The minimum atomic E-state index is -0.778. The van der Waals surface area contributed by atoms with Gasteiger partial charge in [-0.2, -0.15) is 0 Å². The molecule has 0 atom stereocenters. The van der Waals surface area contributed by atoms with E-state index in [-0.39, 0.29) is 76.2 Å². The first-order valence-electron chi connectivity index (χ1n) is 36.4. The van der Waals surface area contributed by atoms with Gasteiger partial charge in [0.05, 0.1) is 59.2 Å². The van der Waals surface area contributed by atoms with E-state index in [2.05, 4.69) is 91.5 Å². The Morgan fingerprint density at radius 3 is 1.12 bits per heavy atom. The molecule has 12 rings (SSSR count). The monoisotopic (exact) mass is 1490 g/mol. The zero-order valence-electron chi connectivity index (χ0n) is 61.8. The number of carboxylic acid groups (broad SMARTS) is 4. The quantitative estimate of drug-likeness (QED) is 0.0193. The number of para-hydroxylation sites is 2. The van der Waals surface area contributed by atoms with Crippen LogP contribution in [0.1, 0.15) is 145 Å². The van der Waals surface area contributed by atoms with E-state index < -0.39 is 23.9 Å². The summed E-state index contributed by atoms with van der Waals surface area (Å²) < 4.78 is 5.45. The summed E-state index contributed by atoms with van der Waals surface area (Å²) in [6.07, 6.45) is 13.8. The highest BCUT2D eigenvalue weighted by atomic mass is 16.5. The number of carbonyl (C=O) groups is 4. The van der Waals surface area contributed by atoms with Gasteiger partial charge in [0.15, 0.2) is 44.7 Å². The summed E-state index contributed by atoms with van der Waals surface area (Å²) in [5.41, 5.74) is 10.2. The Morgan fingerprint density at radius 2 is 0.743 bits per heavy atom. The topological polar surface area (TPSA) is 436 Å². The lowest BCUT2D eigenvalue weighted by molar-refractivity contribution is -0.138. The molecule has 0 unspecified atom stereocenters. The van der Waals surface area contributed by atoms with Crippen molar-refractivity contribution in [1.82, 2.24) is 39.9 Å². The Hall–Kier alpha value is -12.3. The van der Waals surface area contributed by atoms with E-state index >= 15 is 0 Å². The molecule has 109 heavy (non-hydrogen) atoms. The van der Waals surface area contributed by atoms with Crippen molar-refractivity contribution in [3.05, 3.63) is 168 Å². The van der Waals surface area contributed by atoms with Crippen LogP contribution in [0.25, 0.3) is 26.3 Å². The molecule has 31 heteroatoms. The van der Waals surface area contributed by atoms with Crippen molar-refractivity contribution in [3.63, 3.8) is 0 Å². The van der Waals surface area contributed by atoms with Gasteiger partial charge < -0.3 is 75.1 Å². The van der Waals surface area contributed by atoms with Gasteiger partial charge in [-0.25, -0.2) is 39.9 Å². The average Bonchev–Trinajstić information content (AvgIpc) is 0.806. The van der Waals surface area contributed by atoms with Crippen molar-refractivity contribution in [2.24, 2.45) is 20.0 Å². The van der Waals surface area contributed by atoms with Crippen LogP contribution in [-0.2, 0) is 19.2 Å². The van der Waals surface area contributed by atoms with Crippen LogP contribution in [0.5, 0.6) is 5.75 Å². The fourth-order valence-corrected chi connectivity index (χ4v) is 12.9. The first-order valence-corrected chi connectivity index (χ1v) is 36.4. The van der Waals surface area contributed by atoms with Crippen LogP contribution in [0.15, 0.2) is 106 Å². The number of hydrogen-bond acceptors (Lipinski definition) is 23. The molecular weight excluding hydrogens is 1400 g/mol. The van der Waals surface area contributed by atoms with Gasteiger partial charge in [-0.1, -0.05) is 95.9 Å². The van der Waals surface area contributed by atoms with E-state index in [1.807, 2.05) is 107 Å². The van der Waals surface area contributed by atoms with Crippen LogP contribution in [0.2, 0.25) is 0 Å². The molecule has 0 saturated carbocycles. The van der Waals surface area contributed by atoms with Gasteiger partial charge in [0.2, 0.25) is 0 Å². The fourth-order valence-electron chi connectivity index (χ4n) is 12.9. The summed E-state index contributed by atoms with van der Waals surface area (Å²) in [6, 6.07) is 21.2. The number of anilines is 9. The van der Waals surface area contributed by atoms with Crippen LogP contribution in [0.3, 0.4) is 0 Å². The van der Waals surface area contributed by atoms with Crippen LogP contribution >= 0.6 is 0 Å². The Bertz CT molecular complexity index is 5440. The highest BCUT2D eigenvalue weighted by Gasteiger charge is 2.28. The first-order chi connectivity index (χ1) is 52.3. The average molecular weight is 1490 g/mol. The highest BCUT2D eigenvalue weighted by molar-refractivity contribution is 5.82. The van der Waals surface area contributed by atoms with Crippen molar-refractivity contribution in [1.29, 1.82) is 0 Å². The standard InChI is InChI=1S/C21H27N5O4.C20H24N4O4.C19H22N4O3.C18H20N4O3/c1-13-11-16-17(12-15(13)22-8-10-27)26(9-6-4-3-5-7-18(28)29)20-19(25-16)21(30)24-14(2)23-20;1-12-10-14-15(11-16(12)28-3)24(9-7-5-4-6-8-17(25)26)19-18(23-14)20(27)22-13(2)21-19;1-12-8-9-14-15(11-12)23(10-6-4-3-5-7-16(24)25)18-17(22-14)19(26)21-13(2)20-18;1-12-19-17-16(18(25)20-12)21-13-8-5-6-9-14(13)22(17)11-7-3-2-4-10-15(23)24/h11-12,22,27H,2-10H2,1H3,(H,24,30)(H,28,29);10-11H,2,4-9H2,1,3H3,(H,22,27)(H,25,26);8-9,11H,2-7,10H2,1H3,(H,21,26)(H,24,25);5-6,8-9H,1-4,7,10-11H2,(H,20,25)(H,23,24). The summed E-state index contributed by atoms with van der Waals surface area (Å²) in [5, 5.41) is 48.4. The Labute approximate surface area is 625 Å². The summed E-state index contributed by atoms with van der Waals surface area (Å²) in [7, 11) is 1.62. The Balaban J connectivity index is 0.000000168. The molecule has 0 radical (unpaired) electrons. The zero-order chi connectivity index (χ0) is 78.4. The smallest absolute Gasteiger partial charge is 0.303 e. The molecule has 8 aromatic rings. The predicted molar refractivity (Wildman–Crippen MR) is 416 cm³/mol. The number of unbranched alkanes of at least 4 members (excludes halogenated alkanes) is 12. The third-order valence-corrected chi connectivity index (χ3v) is 18.2. The second kappa shape index (κ2) is 38.3. The van der Waals surface area contributed by atoms with E-state index in [1.54, 1.807) is 7.11 Å². The van der Waals surface area contributed by atoms with E-state index in [4.69, 9.17) is 30.3 Å². The number of nitrogens with one attached hydrogen (secondary N) is 5. The highest BCUT2D eigenvalue weighted by Crippen LogP contribution is 2.42. The summed E-state index contributed by atoms with van der Waals surface area (Å²) >= 11 is 0. The molecule has 574 valence electrons. The summed E-state index contributed by atoms with van der Waals surface area (Å²) in [4.78, 5) is 146. The van der Waals surface area contributed by atoms with Gasteiger partial charge in [-0.15, -0.1) is 0 Å². The minimum Gasteiger partial charge on any atom is -0.496 e. The number of methoxy groups -OCH3 is 1. The predicted octanol–water partition coefficient (Wildman–Crippen LogP) is 6.81. The maximum absolute atomic E-state index is 12.5. The van der Waals surface area contributed by atoms with E-state index in [1.165, 1.54) is 0 Å². The van der Waals surface area contributed by atoms with Gasteiger partial charge in [0.1, 0.15) is 27.7 Å². The molecular formula is C78H93N17O14. The largest absolute Gasteiger partial charge is 0.496 e. The van der Waals surface area contributed by atoms with Crippen molar-refractivity contribution in [3.8, 4) is 5.75 Å². The number of aromatic nitrogens is 8. The Morgan fingerprint density at radius 1 is 0.413 bits per heavy atom. The molecule has 4 aliphatic heterocycles. The van der Waals surface area contributed by atoms with Crippen molar-refractivity contribution >= 4 is 125 Å². The number of aliphatic hydroxyl groups is 1.